The second-order valence-electron chi connectivity index (χ2n) is 6.67. The van der Waals surface area contributed by atoms with Crippen molar-refractivity contribution in [1.82, 2.24) is 9.97 Å². The first-order chi connectivity index (χ1) is 14.7. The number of rotatable bonds is 7. The molecule has 1 amide bonds. The Morgan fingerprint density at radius 3 is 2.93 bits per heavy atom. The maximum atomic E-state index is 12.6. The third kappa shape index (κ3) is 4.74. The fourth-order valence-electron chi connectivity index (χ4n) is 3.34. The highest BCUT2D eigenvalue weighted by Gasteiger charge is 2.27. The van der Waals surface area contributed by atoms with Crippen LogP contribution >= 0.6 is 34.4 Å². The van der Waals surface area contributed by atoms with Crippen LogP contribution < -0.4 is 5.32 Å². The summed E-state index contributed by atoms with van der Waals surface area (Å²) in [7, 11) is 0. The van der Waals surface area contributed by atoms with Gasteiger partial charge in [-0.05, 0) is 55.7 Å². The maximum Gasteiger partial charge on any atom is 0.341 e. The molecular weight excluding hydrogens is 438 g/mol. The molecule has 0 saturated heterocycles. The van der Waals surface area contributed by atoms with Crippen LogP contribution in [0.5, 0.6) is 0 Å². The molecule has 1 N–H and O–H groups in total. The fourth-order valence-corrected chi connectivity index (χ4v) is 5.96. The molecule has 0 aromatic carbocycles. The summed E-state index contributed by atoms with van der Waals surface area (Å²) >= 11 is 4.38. The Labute approximate surface area is 187 Å². The lowest BCUT2D eigenvalue weighted by Crippen LogP contribution is -2.17. The zero-order chi connectivity index (χ0) is 20.9. The lowest BCUT2D eigenvalue weighted by Gasteiger charge is -2.12. The minimum atomic E-state index is -0.355. The maximum absolute atomic E-state index is 12.6. The van der Waals surface area contributed by atoms with E-state index < -0.39 is 0 Å². The van der Waals surface area contributed by atoms with E-state index in [4.69, 9.17) is 4.74 Å². The molecule has 1 aliphatic carbocycles. The quantitative estimate of drug-likeness (QED) is 0.302. The monoisotopic (exact) mass is 459 g/mol. The van der Waals surface area contributed by atoms with Crippen LogP contribution in [0.15, 0.2) is 34.9 Å². The number of thioether (sulfide) groups is 1. The number of hydrogen-bond acceptors (Lipinski definition) is 8. The van der Waals surface area contributed by atoms with E-state index in [1.165, 1.54) is 28.0 Å². The Morgan fingerprint density at radius 1 is 1.27 bits per heavy atom. The lowest BCUT2D eigenvalue weighted by atomic mass is 9.95. The first kappa shape index (κ1) is 21.0. The molecule has 1 aliphatic rings. The fraction of sp³-hybridized carbons (Fsp3) is 0.333. The first-order valence-corrected chi connectivity index (χ1v) is 12.4. The molecule has 3 aromatic heterocycles. The normalized spacial score (nSPS) is 13.0. The third-order valence-electron chi connectivity index (χ3n) is 4.64. The standard InChI is InChI=1S/C21H21N3O3S3/c1-2-27-20(26)18-13-6-3-4-7-15(13)30-19(18)24-17(25)12-29-21-22-10-9-14(23-21)16-8-5-11-28-16/h5,8-11H,2-4,6-7,12H2,1H3,(H,24,25). The van der Waals surface area contributed by atoms with Gasteiger partial charge >= 0.3 is 5.97 Å². The Balaban J connectivity index is 1.45. The number of amides is 1. The molecule has 0 spiro atoms. The van der Waals surface area contributed by atoms with Gasteiger partial charge in [-0.25, -0.2) is 14.8 Å². The molecule has 6 nitrogen and oxygen atoms in total. The Hall–Kier alpha value is -2.23. The average molecular weight is 460 g/mol. The molecule has 0 bridgehead atoms. The van der Waals surface area contributed by atoms with Crippen molar-refractivity contribution in [2.75, 3.05) is 17.7 Å². The zero-order valence-corrected chi connectivity index (χ0v) is 18.9. The van der Waals surface area contributed by atoms with Gasteiger partial charge in [0.2, 0.25) is 5.91 Å². The second-order valence-corrected chi connectivity index (χ2v) is 9.67. The van der Waals surface area contributed by atoms with E-state index in [0.717, 1.165) is 41.8 Å². The summed E-state index contributed by atoms with van der Waals surface area (Å²) in [5.74, 6) is -0.375. The molecular formula is C21H21N3O3S3. The van der Waals surface area contributed by atoms with Crippen LogP contribution in [0.25, 0.3) is 10.6 Å². The number of aryl methyl sites for hydroxylation is 1. The number of hydrogen-bond donors (Lipinski definition) is 1. The highest BCUT2D eigenvalue weighted by molar-refractivity contribution is 7.99. The molecule has 3 heterocycles. The Bertz CT molecular complexity index is 1050. The predicted octanol–water partition coefficient (Wildman–Crippen LogP) is 5.05. The number of nitrogens with zero attached hydrogens (tertiary/aromatic N) is 2. The zero-order valence-electron chi connectivity index (χ0n) is 16.5. The van der Waals surface area contributed by atoms with Crippen LogP contribution in [0.3, 0.4) is 0 Å². The SMILES string of the molecule is CCOC(=O)c1c(NC(=O)CSc2nccc(-c3cccs3)n2)sc2c1CCCC2. The number of fused-ring (bicyclic) bond motifs is 1. The van der Waals surface area contributed by atoms with E-state index in [9.17, 15) is 9.59 Å². The summed E-state index contributed by atoms with van der Waals surface area (Å²) < 4.78 is 5.24. The van der Waals surface area contributed by atoms with E-state index in [1.54, 1.807) is 24.5 Å². The van der Waals surface area contributed by atoms with Crippen molar-refractivity contribution in [3.63, 3.8) is 0 Å². The van der Waals surface area contributed by atoms with Crippen molar-refractivity contribution < 1.29 is 14.3 Å². The van der Waals surface area contributed by atoms with E-state index in [-0.39, 0.29) is 17.6 Å². The number of thiophene rings is 2. The van der Waals surface area contributed by atoms with Crippen LogP contribution in [-0.4, -0.2) is 34.2 Å². The van der Waals surface area contributed by atoms with E-state index >= 15 is 0 Å². The van der Waals surface area contributed by atoms with Crippen molar-refractivity contribution in [2.24, 2.45) is 0 Å². The summed E-state index contributed by atoms with van der Waals surface area (Å²) in [5.41, 5.74) is 2.42. The Kier molecular flexibility index (Phi) is 6.81. The molecule has 156 valence electrons. The second kappa shape index (κ2) is 9.72. The average Bonchev–Trinajstić information content (AvgIpc) is 3.40. The van der Waals surface area contributed by atoms with Gasteiger partial charge in [0.05, 0.1) is 28.5 Å². The molecule has 0 aliphatic heterocycles. The number of carbonyl (C=O) groups is 2. The number of esters is 1. The van der Waals surface area contributed by atoms with Crippen LogP contribution in [-0.2, 0) is 22.4 Å². The van der Waals surface area contributed by atoms with E-state index in [0.29, 0.717) is 22.3 Å². The van der Waals surface area contributed by atoms with Crippen LogP contribution in [0.1, 0.15) is 40.6 Å². The number of aromatic nitrogens is 2. The highest BCUT2D eigenvalue weighted by atomic mass is 32.2. The van der Waals surface area contributed by atoms with Crippen LogP contribution in [0.4, 0.5) is 5.00 Å². The summed E-state index contributed by atoms with van der Waals surface area (Å²) in [6.45, 7) is 2.10. The largest absolute Gasteiger partial charge is 0.462 e. The number of ether oxygens (including phenoxy) is 1. The summed E-state index contributed by atoms with van der Waals surface area (Å²) in [5, 5.41) is 6.07. The van der Waals surface area contributed by atoms with Gasteiger partial charge in [0.15, 0.2) is 5.16 Å². The first-order valence-electron chi connectivity index (χ1n) is 9.77. The van der Waals surface area contributed by atoms with Gasteiger partial charge in [-0.3, -0.25) is 4.79 Å². The minimum Gasteiger partial charge on any atom is -0.462 e. The molecule has 30 heavy (non-hydrogen) atoms. The molecule has 9 heteroatoms. The van der Waals surface area contributed by atoms with Crippen molar-refractivity contribution >= 4 is 51.3 Å². The van der Waals surface area contributed by atoms with Gasteiger partial charge in [0, 0.05) is 11.1 Å². The van der Waals surface area contributed by atoms with Gasteiger partial charge in [0.1, 0.15) is 5.00 Å². The van der Waals surface area contributed by atoms with Crippen molar-refractivity contribution in [3.8, 4) is 10.6 Å². The van der Waals surface area contributed by atoms with E-state index in [1.807, 2.05) is 23.6 Å². The summed E-state index contributed by atoms with van der Waals surface area (Å²) in [6.07, 6.45) is 5.66. The number of nitrogens with one attached hydrogen (secondary N) is 1. The molecule has 4 rings (SSSR count). The van der Waals surface area contributed by atoms with Gasteiger partial charge in [0.25, 0.3) is 0 Å². The molecule has 0 saturated carbocycles. The van der Waals surface area contributed by atoms with Crippen LogP contribution in [0, 0.1) is 0 Å². The van der Waals surface area contributed by atoms with E-state index in [2.05, 4.69) is 15.3 Å². The van der Waals surface area contributed by atoms with Crippen molar-refractivity contribution in [3.05, 3.63) is 45.8 Å². The van der Waals surface area contributed by atoms with Gasteiger partial charge in [-0.15, -0.1) is 22.7 Å². The minimum absolute atomic E-state index is 0.165. The Morgan fingerprint density at radius 2 is 2.13 bits per heavy atom. The third-order valence-corrected chi connectivity index (χ3v) is 7.60. The molecule has 0 fully saturated rings. The van der Waals surface area contributed by atoms with Crippen molar-refractivity contribution in [2.45, 2.75) is 37.8 Å². The summed E-state index contributed by atoms with van der Waals surface area (Å²) in [4.78, 5) is 36.2. The van der Waals surface area contributed by atoms with Gasteiger partial charge in [-0.2, -0.15) is 0 Å². The number of carbonyl (C=O) groups excluding carboxylic acids is 2. The molecule has 0 unspecified atom stereocenters. The van der Waals surface area contributed by atoms with Crippen LogP contribution in [0.2, 0.25) is 0 Å². The van der Waals surface area contributed by atoms with Gasteiger partial charge < -0.3 is 10.1 Å². The molecule has 0 atom stereocenters. The molecule has 0 radical (unpaired) electrons. The molecule has 3 aromatic rings. The summed E-state index contributed by atoms with van der Waals surface area (Å²) in [6, 6.07) is 5.84. The predicted molar refractivity (Wildman–Crippen MR) is 122 cm³/mol. The van der Waals surface area contributed by atoms with Crippen molar-refractivity contribution in [1.29, 1.82) is 0 Å². The smallest absolute Gasteiger partial charge is 0.341 e. The highest BCUT2D eigenvalue weighted by Crippen LogP contribution is 2.38. The topological polar surface area (TPSA) is 81.2 Å². The lowest BCUT2D eigenvalue weighted by molar-refractivity contribution is -0.113. The number of anilines is 1. The van der Waals surface area contributed by atoms with Gasteiger partial charge in [-0.1, -0.05) is 17.8 Å².